The molecule has 3 N–H and O–H groups in total. The molecule has 12 heteroatoms. The molecule has 0 saturated carbocycles. The molecule has 5 rings (SSSR count). The van der Waals surface area contributed by atoms with Crippen molar-refractivity contribution in [1.29, 1.82) is 0 Å². The van der Waals surface area contributed by atoms with E-state index in [2.05, 4.69) is 51.3 Å². The quantitative estimate of drug-likeness (QED) is 0.168. The van der Waals surface area contributed by atoms with Gasteiger partial charge in [0, 0.05) is 35.3 Å². The second kappa shape index (κ2) is 16.7. The summed E-state index contributed by atoms with van der Waals surface area (Å²) in [5, 5.41) is 12.9. The number of carbonyl (C=O) groups is 2. The van der Waals surface area contributed by atoms with Gasteiger partial charge in [-0.05, 0) is 61.5 Å². The molecule has 4 atom stereocenters. The molecule has 10 nitrogen and oxygen atoms in total. The number of hydrogen-bond donors (Lipinski definition) is 3. The maximum atomic E-state index is 13.9. The Labute approximate surface area is 298 Å². The van der Waals surface area contributed by atoms with Crippen molar-refractivity contribution < 1.29 is 27.9 Å². The first-order chi connectivity index (χ1) is 23.9. The minimum absolute atomic E-state index is 0.152. The van der Waals surface area contributed by atoms with E-state index in [9.17, 15) is 23.1 Å². The minimum Gasteiger partial charge on any atom is -0.486 e. The first-order valence-electron chi connectivity index (χ1n) is 16.5. The Morgan fingerprint density at radius 1 is 0.980 bits per heavy atom. The Bertz CT molecular complexity index is 1860. The molecule has 1 aliphatic heterocycles. The van der Waals surface area contributed by atoms with E-state index < -0.39 is 34.1 Å². The van der Waals surface area contributed by atoms with E-state index in [1.807, 2.05) is 32.2 Å². The highest BCUT2D eigenvalue weighted by Gasteiger charge is 2.35. The lowest BCUT2D eigenvalue weighted by Gasteiger charge is -2.38. The van der Waals surface area contributed by atoms with Gasteiger partial charge in [0.15, 0.2) is 5.75 Å². The van der Waals surface area contributed by atoms with Crippen molar-refractivity contribution >= 4 is 39.3 Å². The molecule has 50 heavy (non-hydrogen) atoms. The lowest BCUT2D eigenvalue weighted by Crippen LogP contribution is -2.49. The number of sulfonamides is 1. The van der Waals surface area contributed by atoms with Crippen LogP contribution >= 0.6 is 11.8 Å². The van der Waals surface area contributed by atoms with E-state index in [-0.39, 0.29) is 35.4 Å². The topological polar surface area (TPSA) is 128 Å². The van der Waals surface area contributed by atoms with Crippen LogP contribution in [-0.2, 0) is 21.4 Å². The molecule has 0 aliphatic carbocycles. The maximum Gasteiger partial charge on any atom is 0.258 e. The third kappa shape index (κ3) is 9.73. The Morgan fingerprint density at radius 2 is 1.62 bits per heavy atom. The molecule has 0 bridgehead atoms. The molecule has 2 unspecified atom stereocenters. The number of ether oxygens (including phenoxy) is 1. The van der Waals surface area contributed by atoms with Crippen LogP contribution in [-0.4, -0.2) is 80.3 Å². The van der Waals surface area contributed by atoms with Gasteiger partial charge in [-0.2, -0.15) is 4.72 Å². The van der Waals surface area contributed by atoms with Crippen molar-refractivity contribution in [2.24, 2.45) is 5.92 Å². The van der Waals surface area contributed by atoms with Crippen molar-refractivity contribution in [1.82, 2.24) is 14.5 Å². The number of amides is 2. The van der Waals surface area contributed by atoms with Crippen LogP contribution in [0.3, 0.4) is 0 Å². The van der Waals surface area contributed by atoms with E-state index in [0.717, 1.165) is 16.7 Å². The van der Waals surface area contributed by atoms with E-state index in [1.54, 1.807) is 72.1 Å². The standard InChI is InChI=1S/C38H44N4O6S2/c1-26-22-42(27(2)25-43)38(45)32-16-11-17-33(39-37(44)35(40-50(4,46)47)29-12-7-5-8-13-29)36(32)48-34(26)24-41(3)23-28-18-20-31(21-19-28)49-30-14-9-6-10-15-30/h5-21,26-27,34-35,40,43H,22-25H2,1-4H3,(H,39,44)/t26-,27?,34-,35?/m1/s1. The van der Waals surface area contributed by atoms with Crippen LogP contribution < -0.4 is 14.8 Å². The van der Waals surface area contributed by atoms with Crippen molar-refractivity contribution in [2.75, 3.05) is 38.3 Å². The van der Waals surface area contributed by atoms with Crippen molar-refractivity contribution in [3.05, 3.63) is 120 Å². The van der Waals surface area contributed by atoms with Crippen LogP contribution in [0, 0.1) is 5.92 Å². The second-order valence-electron chi connectivity index (χ2n) is 12.8. The summed E-state index contributed by atoms with van der Waals surface area (Å²) in [6, 6.07) is 30.4. The monoisotopic (exact) mass is 716 g/mol. The van der Waals surface area contributed by atoms with Gasteiger partial charge >= 0.3 is 0 Å². The Kier molecular flexibility index (Phi) is 12.4. The number of rotatable bonds is 13. The number of aliphatic hydroxyl groups is 1. The first kappa shape index (κ1) is 37.1. The van der Waals surface area contributed by atoms with Gasteiger partial charge < -0.3 is 20.1 Å². The number of likely N-dealkylation sites (N-methyl/N-ethyl adjacent to an activating group) is 1. The highest BCUT2D eigenvalue weighted by Crippen LogP contribution is 2.36. The van der Waals surface area contributed by atoms with E-state index in [1.165, 1.54) is 4.90 Å². The normalized spacial score (nSPS) is 17.6. The van der Waals surface area contributed by atoms with Gasteiger partial charge in [-0.15, -0.1) is 0 Å². The number of para-hydroxylation sites is 1. The Morgan fingerprint density at radius 3 is 2.26 bits per heavy atom. The van der Waals surface area contributed by atoms with Crippen LogP contribution in [0.5, 0.6) is 5.75 Å². The molecular formula is C38H44N4O6S2. The molecule has 0 fully saturated rings. The number of benzene rings is 4. The smallest absolute Gasteiger partial charge is 0.258 e. The third-order valence-electron chi connectivity index (χ3n) is 8.52. The Hall–Kier alpha value is -4.20. The van der Waals surface area contributed by atoms with Crippen LogP contribution in [0.2, 0.25) is 0 Å². The van der Waals surface area contributed by atoms with Gasteiger partial charge in [0.05, 0.1) is 30.2 Å². The molecule has 1 aliphatic rings. The predicted octanol–water partition coefficient (Wildman–Crippen LogP) is 5.42. The molecule has 0 radical (unpaired) electrons. The summed E-state index contributed by atoms with van der Waals surface area (Å²) in [5.74, 6) is -0.928. The molecule has 0 aromatic heterocycles. The zero-order valence-corrected chi connectivity index (χ0v) is 30.3. The van der Waals surface area contributed by atoms with Crippen LogP contribution in [0.15, 0.2) is 113 Å². The fourth-order valence-corrected chi connectivity index (χ4v) is 7.38. The number of nitrogens with zero attached hydrogens (tertiary/aromatic N) is 2. The molecular weight excluding hydrogens is 673 g/mol. The van der Waals surface area contributed by atoms with Crippen LogP contribution in [0.4, 0.5) is 5.69 Å². The molecule has 4 aromatic carbocycles. The number of anilines is 1. The second-order valence-corrected chi connectivity index (χ2v) is 15.7. The molecule has 0 spiro atoms. The lowest BCUT2D eigenvalue weighted by atomic mass is 9.98. The number of fused-ring (bicyclic) bond motifs is 1. The van der Waals surface area contributed by atoms with Crippen LogP contribution in [0.1, 0.15) is 41.4 Å². The lowest BCUT2D eigenvalue weighted by molar-refractivity contribution is -0.117. The first-order valence-corrected chi connectivity index (χ1v) is 19.2. The zero-order valence-electron chi connectivity index (χ0n) is 28.7. The number of carbonyl (C=O) groups excluding carboxylic acids is 2. The number of aliphatic hydroxyl groups excluding tert-OH is 1. The molecule has 0 saturated heterocycles. The van der Waals surface area contributed by atoms with Gasteiger partial charge in [-0.25, -0.2) is 8.42 Å². The van der Waals surface area contributed by atoms with E-state index >= 15 is 0 Å². The summed E-state index contributed by atoms with van der Waals surface area (Å²) in [6.45, 7) is 5.09. The van der Waals surface area contributed by atoms with Crippen LogP contribution in [0.25, 0.3) is 0 Å². The van der Waals surface area contributed by atoms with E-state index in [4.69, 9.17) is 4.74 Å². The summed E-state index contributed by atoms with van der Waals surface area (Å²) >= 11 is 1.71. The average molecular weight is 717 g/mol. The van der Waals surface area contributed by atoms with Crippen molar-refractivity contribution in [3.8, 4) is 5.75 Å². The zero-order chi connectivity index (χ0) is 35.8. The van der Waals surface area contributed by atoms with Gasteiger partial charge in [0.25, 0.3) is 5.91 Å². The van der Waals surface area contributed by atoms with E-state index in [0.29, 0.717) is 25.2 Å². The SMILES string of the molecule is CC(CO)N1C[C@@H](C)[C@@H](CN(C)Cc2ccc(Sc3ccccc3)cc2)Oc2c(NC(=O)C(NS(C)(=O)=O)c3ccccc3)cccc2C1=O. The maximum absolute atomic E-state index is 13.9. The average Bonchev–Trinajstić information content (AvgIpc) is 3.10. The van der Waals surface area contributed by atoms with Gasteiger partial charge in [0.2, 0.25) is 15.9 Å². The summed E-state index contributed by atoms with van der Waals surface area (Å²) in [5.41, 5.74) is 2.06. The van der Waals surface area contributed by atoms with Crippen molar-refractivity contribution in [2.45, 2.75) is 48.4 Å². The van der Waals surface area contributed by atoms with Gasteiger partial charge in [-0.3, -0.25) is 14.5 Å². The number of nitrogens with one attached hydrogen (secondary N) is 2. The highest BCUT2D eigenvalue weighted by atomic mass is 32.2. The Balaban J connectivity index is 1.40. The summed E-state index contributed by atoms with van der Waals surface area (Å²) in [4.78, 5) is 33.8. The molecule has 1 heterocycles. The fraction of sp³-hybridized carbons (Fsp3) is 0.316. The third-order valence-corrected chi connectivity index (χ3v) is 10.2. The fourth-order valence-electron chi connectivity index (χ4n) is 5.87. The summed E-state index contributed by atoms with van der Waals surface area (Å²) in [6.07, 6.45) is 0.582. The summed E-state index contributed by atoms with van der Waals surface area (Å²) in [7, 11) is -1.76. The predicted molar refractivity (Wildman–Crippen MR) is 197 cm³/mol. The van der Waals surface area contributed by atoms with Gasteiger partial charge in [0.1, 0.15) is 12.1 Å². The number of hydrogen-bond acceptors (Lipinski definition) is 8. The largest absolute Gasteiger partial charge is 0.486 e. The van der Waals surface area contributed by atoms with Crippen molar-refractivity contribution in [3.63, 3.8) is 0 Å². The molecule has 4 aromatic rings. The van der Waals surface area contributed by atoms with Gasteiger partial charge in [-0.1, -0.05) is 85.4 Å². The molecule has 264 valence electrons. The minimum atomic E-state index is -3.77. The summed E-state index contributed by atoms with van der Waals surface area (Å²) < 4.78 is 33.6. The highest BCUT2D eigenvalue weighted by molar-refractivity contribution is 7.99. The molecule has 2 amide bonds.